The van der Waals surface area contributed by atoms with Gasteiger partial charge in [0.15, 0.2) is 0 Å². The van der Waals surface area contributed by atoms with Gasteiger partial charge < -0.3 is 5.73 Å². The van der Waals surface area contributed by atoms with Crippen LogP contribution in [0.2, 0.25) is 0 Å². The highest BCUT2D eigenvalue weighted by Gasteiger charge is 2.23. The minimum atomic E-state index is -3.51. The first-order valence-electron chi connectivity index (χ1n) is 3.94. The summed E-state index contributed by atoms with van der Waals surface area (Å²) in [5.74, 6) is 0. The van der Waals surface area contributed by atoms with E-state index in [0.29, 0.717) is 4.47 Å². The third kappa shape index (κ3) is 2.52. The van der Waals surface area contributed by atoms with Crippen molar-refractivity contribution >= 4 is 47.6 Å². The molecule has 2 N–H and O–H groups in total. The Morgan fingerprint density at radius 3 is 2.20 bits per heavy atom. The van der Waals surface area contributed by atoms with Crippen LogP contribution in [-0.2, 0) is 10.0 Å². The molecule has 0 spiro atoms. The molecular weight excluding hydrogens is 348 g/mol. The molecule has 0 aliphatic rings. The zero-order valence-corrected chi connectivity index (χ0v) is 12.1. The van der Waals surface area contributed by atoms with Crippen molar-refractivity contribution in [2.75, 3.05) is 19.8 Å². The lowest BCUT2D eigenvalue weighted by molar-refractivity contribution is 0.520. The molecule has 1 aromatic rings. The second-order valence-electron chi connectivity index (χ2n) is 3.09. The zero-order chi connectivity index (χ0) is 11.8. The first-order chi connectivity index (χ1) is 6.76. The number of hydrogen-bond acceptors (Lipinski definition) is 3. The van der Waals surface area contributed by atoms with Crippen molar-refractivity contribution in [3.8, 4) is 0 Å². The van der Waals surface area contributed by atoms with Crippen LogP contribution in [0, 0.1) is 0 Å². The average Bonchev–Trinajstić information content (AvgIpc) is 2.00. The Hall–Kier alpha value is -0.110. The topological polar surface area (TPSA) is 63.4 Å². The molecule has 84 valence electrons. The molecule has 4 nitrogen and oxygen atoms in total. The standard InChI is InChI=1S/C8H10Br2N2O2S/c1-12(2)15(13,14)8-6(10)3-5(9)4-7(8)11/h3-4H,11H2,1-2H3. The van der Waals surface area contributed by atoms with Crippen LogP contribution in [0.1, 0.15) is 0 Å². The van der Waals surface area contributed by atoms with Crippen molar-refractivity contribution < 1.29 is 8.42 Å². The largest absolute Gasteiger partial charge is 0.398 e. The minimum Gasteiger partial charge on any atom is -0.398 e. The number of sulfonamides is 1. The van der Waals surface area contributed by atoms with E-state index in [1.54, 1.807) is 12.1 Å². The highest BCUT2D eigenvalue weighted by Crippen LogP contribution is 2.32. The predicted octanol–water partition coefficient (Wildman–Crippen LogP) is 2.04. The summed E-state index contributed by atoms with van der Waals surface area (Å²) in [6.07, 6.45) is 0. The normalized spacial score (nSPS) is 12.1. The molecule has 0 amide bonds. The molecule has 0 bridgehead atoms. The third-order valence-corrected chi connectivity index (χ3v) is 5.05. The number of benzene rings is 1. The summed E-state index contributed by atoms with van der Waals surface area (Å²) in [4.78, 5) is 0.0932. The van der Waals surface area contributed by atoms with Crippen LogP contribution in [0.15, 0.2) is 26.0 Å². The second kappa shape index (κ2) is 4.40. The van der Waals surface area contributed by atoms with Gasteiger partial charge in [-0.05, 0) is 28.1 Å². The van der Waals surface area contributed by atoms with Gasteiger partial charge in [-0.2, -0.15) is 0 Å². The molecule has 15 heavy (non-hydrogen) atoms. The summed E-state index contributed by atoms with van der Waals surface area (Å²) in [7, 11) is -0.591. The Balaban J connectivity index is 3.52. The molecule has 0 heterocycles. The molecule has 0 radical (unpaired) electrons. The molecule has 0 atom stereocenters. The Bertz CT molecular complexity index is 462. The van der Waals surface area contributed by atoms with Crippen LogP contribution >= 0.6 is 31.9 Å². The first kappa shape index (κ1) is 13.0. The molecule has 7 heteroatoms. The number of hydrogen-bond donors (Lipinski definition) is 1. The monoisotopic (exact) mass is 356 g/mol. The molecular formula is C8H10Br2N2O2S. The van der Waals surface area contributed by atoms with E-state index in [2.05, 4.69) is 31.9 Å². The zero-order valence-electron chi connectivity index (χ0n) is 8.16. The summed E-state index contributed by atoms with van der Waals surface area (Å²) in [5, 5.41) is 0. The molecule has 1 rings (SSSR count). The lowest BCUT2D eigenvalue weighted by atomic mass is 10.3. The van der Waals surface area contributed by atoms with Gasteiger partial charge in [0.25, 0.3) is 0 Å². The van der Waals surface area contributed by atoms with E-state index in [1.807, 2.05) is 0 Å². The first-order valence-corrected chi connectivity index (χ1v) is 6.96. The van der Waals surface area contributed by atoms with Crippen molar-refractivity contribution in [1.82, 2.24) is 4.31 Å². The fourth-order valence-electron chi connectivity index (χ4n) is 1.03. The molecule has 0 saturated heterocycles. The highest BCUT2D eigenvalue weighted by atomic mass is 79.9. The molecule has 0 unspecified atom stereocenters. The number of nitrogens with two attached hydrogens (primary N) is 1. The molecule has 0 fully saturated rings. The van der Waals surface area contributed by atoms with Crippen LogP contribution in [-0.4, -0.2) is 26.8 Å². The lowest BCUT2D eigenvalue weighted by Gasteiger charge is -2.15. The maximum absolute atomic E-state index is 11.9. The van der Waals surface area contributed by atoms with Gasteiger partial charge in [-0.1, -0.05) is 15.9 Å². The van der Waals surface area contributed by atoms with Crippen molar-refractivity contribution in [2.45, 2.75) is 4.90 Å². The van der Waals surface area contributed by atoms with Crippen LogP contribution in [0.25, 0.3) is 0 Å². The Morgan fingerprint density at radius 1 is 1.27 bits per heavy atom. The van der Waals surface area contributed by atoms with Crippen molar-refractivity contribution in [1.29, 1.82) is 0 Å². The maximum atomic E-state index is 11.9. The number of nitrogen functional groups attached to an aromatic ring is 1. The maximum Gasteiger partial charge on any atom is 0.245 e. The van der Waals surface area contributed by atoms with Gasteiger partial charge in [0.2, 0.25) is 10.0 Å². The van der Waals surface area contributed by atoms with E-state index in [1.165, 1.54) is 14.1 Å². The Labute approximate surface area is 106 Å². The Kier molecular flexibility index (Phi) is 3.80. The SMILES string of the molecule is CN(C)S(=O)(=O)c1c(N)cc(Br)cc1Br. The fourth-order valence-corrected chi connectivity index (χ4v) is 3.93. The summed E-state index contributed by atoms with van der Waals surface area (Å²) >= 11 is 6.42. The molecule has 0 saturated carbocycles. The van der Waals surface area contributed by atoms with E-state index in [-0.39, 0.29) is 10.6 Å². The van der Waals surface area contributed by atoms with Gasteiger partial charge in [0.1, 0.15) is 4.90 Å². The van der Waals surface area contributed by atoms with Crippen LogP contribution < -0.4 is 5.73 Å². The van der Waals surface area contributed by atoms with Crippen LogP contribution in [0.5, 0.6) is 0 Å². The Morgan fingerprint density at radius 2 is 1.80 bits per heavy atom. The average molecular weight is 358 g/mol. The van der Waals surface area contributed by atoms with Gasteiger partial charge in [-0.3, -0.25) is 0 Å². The van der Waals surface area contributed by atoms with Crippen LogP contribution in [0.3, 0.4) is 0 Å². The molecule has 0 aromatic heterocycles. The fraction of sp³-hybridized carbons (Fsp3) is 0.250. The van der Waals surface area contributed by atoms with E-state index in [4.69, 9.17) is 5.73 Å². The number of anilines is 1. The van der Waals surface area contributed by atoms with Gasteiger partial charge in [-0.25, -0.2) is 12.7 Å². The quantitative estimate of drug-likeness (QED) is 0.824. The van der Waals surface area contributed by atoms with Crippen molar-refractivity contribution in [2.24, 2.45) is 0 Å². The van der Waals surface area contributed by atoms with Gasteiger partial charge in [0.05, 0.1) is 5.69 Å². The van der Waals surface area contributed by atoms with E-state index >= 15 is 0 Å². The third-order valence-electron chi connectivity index (χ3n) is 1.78. The van der Waals surface area contributed by atoms with Gasteiger partial charge >= 0.3 is 0 Å². The van der Waals surface area contributed by atoms with E-state index < -0.39 is 10.0 Å². The number of halogens is 2. The van der Waals surface area contributed by atoms with Gasteiger partial charge in [0, 0.05) is 23.0 Å². The van der Waals surface area contributed by atoms with Crippen molar-refractivity contribution in [3.63, 3.8) is 0 Å². The molecule has 0 aliphatic carbocycles. The van der Waals surface area contributed by atoms with E-state index in [0.717, 1.165) is 8.78 Å². The summed E-state index contributed by atoms with van der Waals surface area (Å²) in [6, 6.07) is 3.20. The summed E-state index contributed by atoms with van der Waals surface area (Å²) in [6.45, 7) is 0. The minimum absolute atomic E-state index is 0.0932. The van der Waals surface area contributed by atoms with Crippen molar-refractivity contribution in [3.05, 3.63) is 21.1 Å². The number of rotatable bonds is 2. The highest BCUT2D eigenvalue weighted by molar-refractivity contribution is 9.11. The molecule has 0 aliphatic heterocycles. The van der Waals surface area contributed by atoms with Gasteiger partial charge in [-0.15, -0.1) is 0 Å². The number of nitrogens with zero attached hydrogens (tertiary/aromatic N) is 1. The second-order valence-corrected chi connectivity index (χ2v) is 6.95. The smallest absolute Gasteiger partial charge is 0.245 e. The lowest BCUT2D eigenvalue weighted by Crippen LogP contribution is -2.23. The predicted molar refractivity (Wildman–Crippen MR) is 67.1 cm³/mol. The summed E-state index contributed by atoms with van der Waals surface area (Å²) < 4.78 is 26.1. The van der Waals surface area contributed by atoms with E-state index in [9.17, 15) is 8.42 Å². The van der Waals surface area contributed by atoms with Crippen LogP contribution in [0.4, 0.5) is 5.69 Å². The molecule has 1 aromatic carbocycles. The summed E-state index contributed by atoms with van der Waals surface area (Å²) in [5.41, 5.74) is 5.89.